The average molecular weight is 399 g/mol. The van der Waals surface area contributed by atoms with Crippen LogP contribution in [0.4, 0.5) is 0 Å². The topological polar surface area (TPSA) is 84.5 Å². The molecule has 4 fully saturated rings. The highest BCUT2D eigenvalue weighted by Gasteiger charge is 2.51. The third-order valence-electron chi connectivity index (χ3n) is 7.08. The van der Waals surface area contributed by atoms with Crippen molar-refractivity contribution in [1.29, 1.82) is 0 Å². The number of rotatable bonds is 6. The number of ketones is 1. The Bertz CT molecular complexity index is 797. The van der Waals surface area contributed by atoms with Crippen molar-refractivity contribution in [2.75, 3.05) is 7.11 Å². The van der Waals surface area contributed by atoms with Crippen LogP contribution in [0.5, 0.6) is 5.75 Å². The van der Waals surface area contributed by atoms with E-state index in [1.54, 1.807) is 18.2 Å². The Balaban J connectivity index is 1.31. The Morgan fingerprint density at radius 2 is 1.59 bits per heavy atom. The predicted molar refractivity (Wildman–Crippen MR) is 108 cm³/mol. The molecular weight excluding hydrogens is 368 g/mol. The first-order valence-electron chi connectivity index (χ1n) is 10.6. The summed E-state index contributed by atoms with van der Waals surface area (Å²) in [6.45, 7) is 1.48. The number of Topliss-reactive ketones (excluding diaryl/α,β-unsaturated/α-hetero) is 1. The van der Waals surface area contributed by atoms with Gasteiger partial charge in [-0.3, -0.25) is 25.2 Å². The second kappa shape index (κ2) is 7.81. The average Bonchev–Trinajstić information content (AvgIpc) is 2.65. The van der Waals surface area contributed by atoms with Crippen LogP contribution in [0.15, 0.2) is 18.2 Å². The number of hydrogen-bond acceptors (Lipinski definition) is 4. The molecule has 1 aromatic carbocycles. The fraction of sp³-hybridized carbons (Fsp3) is 0.609. The minimum absolute atomic E-state index is 0.0297. The van der Waals surface area contributed by atoms with Crippen LogP contribution >= 0.6 is 0 Å². The van der Waals surface area contributed by atoms with Crippen LogP contribution in [0, 0.1) is 23.2 Å². The number of hydrazine groups is 1. The van der Waals surface area contributed by atoms with E-state index in [0.29, 0.717) is 23.3 Å². The Morgan fingerprint density at radius 3 is 2.14 bits per heavy atom. The van der Waals surface area contributed by atoms with Gasteiger partial charge in [-0.25, -0.2) is 0 Å². The maximum atomic E-state index is 12.6. The van der Waals surface area contributed by atoms with Gasteiger partial charge in [0.15, 0.2) is 5.78 Å². The molecule has 29 heavy (non-hydrogen) atoms. The van der Waals surface area contributed by atoms with Gasteiger partial charge in [-0.2, -0.15) is 0 Å². The minimum Gasteiger partial charge on any atom is -0.496 e. The monoisotopic (exact) mass is 398 g/mol. The molecule has 0 atom stereocenters. The summed E-state index contributed by atoms with van der Waals surface area (Å²) >= 11 is 0. The fourth-order valence-electron chi connectivity index (χ4n) is 6.38. The van der Waals surface area contributed by atoms with E-state index in [4.69, 9.17) is 4.74 Å². The highest BCUT2D eigenvalue weighted by atomic mass is 16.5. The molecule has 0 radical (unpaired) electrons. The Kier molecular flexibility index (Phi) is 5.36. The molecule has 0 spiro atoms. The molecule has 4 bridgehead atoms. The quantitative estimate of drug-likeness (QED) is 0.569. The molecule has 156 valence electrons. The molecule has 0 heterocycles. The van der Waals surface area contributed by atoms with Crippen LogP contribution in [0.3, 0.4) is 0 Å². The molecule has 2 N–H and O–H groups in total. The molecule has 6 nitrogen and oxygen atoms in total. The summed E-state index contributed by atoms with van der Waals surface area (Å²) < 4.78 is 5.29. The summed E-state index contributed by atoms with van der Waals surface area (Å²) in [6.07, 6.45) is 8.05. The zero-order chi connectivity index (χ0) is 20.6. The summed E-state index contributed by atoms with van der Waals surface area (Å²) in [7, 11) is 1.53. The lowest BCUT2D eigenvalue weighted by Crippen LogP contribution is -2.50. The molecule has 0 saturated heterocycles. The van der Waals surface area contributed by atoms with E-state index in [0.717, 1.165) is 37.0 Å². The van der Waals surface area contributed by atoms with E-state index >= 15 is 0 Å². The second-order valence-electron chi connectivity index (χ2n) is 9.45. The highest BCUT2D eigenvalue weighted by Crippen LogP contribution is 2.61. The second-order valence-corrected chi connectivity index (χ2v) is 9.45. The van der Waals surface area contributed by atoms with E-state index in [-0.39, 0.29) is 29.4 Å². The van der Waals surface area contributed by atoms with Crippen molar-refractivity contribution in [1.82, 2.24) is 10.9 Å². The summed E-state index contributed by atoms with van der Waals surface area (Å²) in [5.74, 6) is 2.43. The number of ether oxygens (including phenoxy) is 1. The SMILES string of the molecule is COc1ccc(C(C)=O)cc1CC(=O)NNC(=O)CC12CC3CC(CC(C3)C1)C2. The van der Waals surface area contributed by atoms with Crippen LogP contribution in [0.25, 0.3) is 0 Å². The van der Waals surface area contributed by atoms with Gasteiger partial charge in [-0.15, -0.1) is 0 Å². The fourth-order valence-corrected chi connectivity index (χ4v) is 6.38. The number of benzene rings is 1. The van der Waals surface area contributed by atoms with Gasteiger partial charge in [0.1, 0.15) is 5.75 Å². The maximum Gasteiger partial charge on any atom is 0.242 e. The van der Waals surface area contributed by atoms with Gasteiger partial charge in [-0.1, -0.05) is 0 Å². The van der Waals surface area contributed by atoms with Gasteiger partial charge >= 0.3 is 0 Å². The van der Waals surface area contributed by atoms with Crippen molar-refractivity contribution < 1.29 is 19.1 Å². The van der Waals surface area contributed by atoms with E-state index < -0.39 is 0 Å². The highest BCUT2D eigenvalue weighted by molar-refractivity contribution is 5.94. The van der Waals surface area contributed by atoms with Crippen LogP contribution in [-0.2, 0) is 16.0 Å². The number of carbonyl (C=O) groups is 3. The number of carbonyl (C=O) groups excluding carboxylic acids is 3. The van der Waals surface area contributed by atoms with Crippen molar-refractivity contribution in [3.8, 4) is 5.75 Å². The molecule has 4 aliphatic rings. The number of nitrogens with one attached hydrogen (secondary N) is 2. The Hall–Kier alpha value is -2.37. The number of amides is 2. The first kappa shape index (κ1) is 19.9. The minimum atomic E-state index is -0.331. The third-order valence-corrected chi connectivity index (χ3v) is 7.08. The number of hydrogen-bond donors (Lipinski definition) is 2. The molecule has 5 rings (SSSR count). The van der Waals surface area contributed by atoms with Crippen LogP contribution in [0.1, 0.15) is 67.8 Å². The Labute approximate surface area is 171 Å². The summed E-state index contributed by atoms with van der Waals surface area (Å²) in [6, 6.07) is 5.03. The van der Waals surface area contributed by atoms with Crippen molar-refractivity contribution in [3.63, 3.8) is 0 Å². The van der Waals surface area contributed by atoms with Gasteiger partial charge < -0.3 is 4.74 Å². The normalized spacial score (nSPS) is 29.4. The summed E-state index contributed by atoms with van der Waals surface area (Å²) in [5.41, 5.74) is 6.43. The molecule has 6 heteroatoms. The van der Waals surface area contributed by atoms with Crippen LogP contribution in [-0.4, -0.2) is 24.7 Å². The van der Waals surface area contributed by atoms with Gasteiger partial charge in [0.25, 0.3) is 0 Å². The first-order valence-corrected chi connectivity index (χ1v) is 10.6. The largest absolute Gasteiger partial charge is 0.496 e. The maximum absolute atomic E-state index is 12.6. The van der Waals surface area contributed by atoms with Crippen molar-refractivity contribution in [3.05, 3.63) is 29.3 Å². The van der Waals surface area contributed by atoms with Crippen LogP contribution in [0.2, 0.25) is 0 Å². The van der Waals surface area contributed by atoms with Crippen molar-refractivity contribution >= 4 is 17.6 Å². The molecule has 0 unspecified atom stereocenters. The standard InChI is InChI=1S/C23H30N2O4/c1-14(26)18-3-4-20(29-2)19(8-18)9-21(27)24-25-22(28)13-23-10-15-5-16(11-23)7-17(6-15)12-23/h3-4,8,15-17H,5-7,9-13H2,1-2H3,(H,24,27)(H,25,28). The van der Waals surface area contributed by atoms with Crippen molar-refractivity contribution in [2.45, 2.75) is 58.3 Å². The molecule has 0 aromatic heterocycles. The van der Waals surface area contributed by atoms with Gasteiger partial charge in [0.2, 0.25) is 11.8 Å². The van der Waals surface area contributed by atoms with Crippen molar-refractivity contribution in [2.24, 2.45) is 23.2 Å². The molecule has 4 saturated carbocycles. The molecule has 4 aliphatic carbocycles. The van der Waals surface area contributed by atoms with Gasteiger partial charge in [0, 0.05) is 17.5 Å². The molecule has 2 amide bonds. The molecular formula is C23H30N2O4. The van der Waals surface area contributed by atoms with Gasteiger partial charge in [0.05, 0.1) is 13.5 Å². The van der Waals surface area contributed by atoms with E-state index in [1.807, 2.05) is 0 Å². The smallest absolute Gasteiger partial charge is 0.242 e. The molecule has 1 aromatic rings. The lowest BCUT2D eigenvalue weighted by Gasteiger charge is -2.56. The zero-order valence-electron chi connectivity index (χ0n) is 17.3. The predicted octanol–water partition coefficient (Wildman–Crippen LogP) is 3.19. The van der Waals surface area contributed by atoms with Crippen LogP contribution < -0.4 is 15.6 Å². The summed E-state index contributed by atoms with van der Waals surface area (Å²) in [5, 5.41) is 0. The molecule has 0 aliphatic heterocycles. The zero-order valence-corrected chi connectivity index (χ0v) is 17.3. The van der Waals surface area contributed by atoms with E-state index in [9.17, 15) is 14.4 Å². The first-order chi connectivity index (χ1) is 13.9. The Morgan fingerprint density at radius 1 is 1.00 bits per heavy atom. The third kappa shape index (κ3) is 4.31. The van der Waals surface area contributed by atoms with E-state index in [2.05, 4.69) is 10.9 Å². The van der Waals surface area contributed by atoms with Gasteiger partial charge in [-0.05, 0) is 86.8 Å². The lowest BCUT2D eigenvalue weighted by molar-refractivity contribution is -0.134. The van der Waals surface area contributed by atoms with E-state index in [1.165, 1.54) is 33.3 Å². The lowest BCUT2D eigenvalue weighted by atomic mass is 9.49. The number of methoxy groups -OCH3 is 1. The summed E-state index contributed by atoms with van der Waals surface area (Å²) in [4.78, 5) is 36.5.